The van der Waals surface area contributed by atoms with Gasteiger partial charge in [-0.2, -0.15) is 30.4 Å². The summed E-state index contributed by atoms with van der Waals surface area (Å²) in [6.07, 6.45) is 32.9. The molecule has 0 N–H and O–H groups in total. The Balaban J connectivity index is 0.000000104. The third-order valence-corrected chi connectivity index (χ3v) is 28.2. The third-order valence-electron chi connectivity index (χ3n) is 27.4. The number of ether oxygens (including phenoxy) is 3. The Bertz CT molecular complexity index is 7430. The SMILES string of the molecule is CC(C)n1ccc(-c2nc3occn3c2-c2ccc3ncn(CCN4CCOCC4)c(=O)c3c2)n1.CC(C)n1ccc(-c2nc3sccn3c2-c2ccc3ncn(CCN4CCOCC4)c(=O)c3c2)n1.O=c1c2cc(-c3c(-c4ccn(C5CC5)n4)nc4n3CCC4)ccc2ncn1CCN1CCCC1.O=c1c2cc(-c3c(-c4ccn(C5CC5)n4)nc4occn34)ccc2ncn1CCN1CCOCC1. The number of aryl methyl sites for hydroxylation is 1. The first-order valence-electron chi connectivity index (χ1n) is 48.4. The van der Waals surface area contributed by atoms with Gasteiger partial charge in [0.1, 0.15) is 63.9 Å². The molecular weight excluding hydrogens is 1780 g/mol. The predicted octanol–water partition coefficient (Wildman–Crippen LogP) is 13.0. The molecule has 0 radical (unpaired) electrons. The van der Waals surface area contributed by atoms with Gasteiger partial charge in [-0.1, -0.05) is 24.3 Å². The number of benzene rings is 4. The zero-order chi connectivity index (χ0) is 93.9. The molecule has 0 unspecified atom stereocenters. The van der Waals surface area contributed by atoms with Crippen molar-refractivity contribution in [1.82, 2.24) is 135 Å². The summed E-state index contributed by atoms with van der Waals surface area (Å²) < 4.78 is 50.4. The van der Waals surface area contributed by atoms with Crippen molar-refractivity contribution in [2.75, 3.05) is 118 Å². The molecule has 26 rings (SSSR count). The number of morpholine rings is 3. The molecule has 5 aliphatic heterocycles. The van der Waals surface area contributed by atoms with E-state index in [1.165, 1.54) is 25.7 Å². The number of thiazole rings is 1. The summed E-state index contributed by atoms with van der Waals surface area (Å²) in [6.45, 7) is 27.1. The van der Waals surface area contributed by atoms with E-state index in [-0.39, 0.29) is 34.3 Å². The minimum atomic E-state index is -0.0521. The maximum Gasteiger partial charge on any atom is 0.306 e. The Morgan fingerprint density at radius 3 is 1.11 bits per heavy atom. The molecule has 20 heterocycles. The van der Waals surface area contributed by atoms with E-state index in [0.717, 1.165) is 252 Å². The predicted molar refractivity (Wildman–Crippen MR) is 528 cm³/mol. The van der Waals surface area contributed by atoms with Gasteiger partial charge in [-0.25, -0.2) is 29.9 Å². The molecule has 2 saturated carbocycles. The van der Waals surface area contributed by atoms with Crippen LogP contribution in [0, 0.1) is 0 Å². The summed E-state index contributed by atoms with van der Waals surface area (Å²) in [5.74, 6) is 2.08. The molecule has 15 aromatic heterocycles. The Kier molecular flexibility index (Phi) is 24.5. The smallest absolute Gasteiger partial charge is 0.306 e. The van der Waals surface area contributed by atoms with E-state index in [1.54, 1.807) is 67.4 Å². The van der Waals surface area contributed by atoms with Gasteiger partial charge in [0, 0.05) is 188 Å². The van der Waals surface area contributed by atoms with Gasteiger partial charge in [-0.15, -0.1) is 11.3 Å². The van der Waals surface area contributed by atoms with Crippen LogP contribution in [0.15, 0.2) is 212 Å². The largest absolute Gasteiger partial charge is 0.432 e. The molecule has 712 valence electrons. The first kappa shape index (κ1) is 88.8. The summed E-state index contributed by atoms with van der Waals surface area (Å²) in [4.78, 5) is 101. The van der Waals surface area contributed by atoms with Crippen molar-refractivity contribution in [3.05, 3.63) is 231 Å². The number of fused-ring (bicyclic) bond motifs is 8. The van der Waals surface area contributed by atoms with Crippen molar-refractivity contribution in [2.45, 2.75) is 136 Å². The second kappa shape index (κ2) is 38.3. The average Bonchev–Trinajstić information content (AvgIpc) is 1.62. The van der Waals surface area contributed by atoms with Crippen LogP contribution in [0.5, 0.6) is 0 Å². The summed E-state index contributed by atoms with van der Waals surface area (Å²) in [5.41, 5.74) is 16.5. The molecule has 139 heavy (non-hydrogen) atoms. The number of hydrogen-bond acceptors (Lipinski definition) is 26. The summed E-state index contributed by atoms with van der Waals surface area (Å²) >= 11 is 1.58. The molecule has 0 bridgehead atoms. The van der Waals surface area contributed by atoms with Gasteiger partial charge in [0.2, 0.25) is 0 Å². The zero-order valence-corrected chi connectivity index (χ0v) is 79.0. The summed E-state index contributed by atoms with van der Waals surface area (Å²) in [5, 5.41) is 23.5. The van der Waals surface area contributed by atoms with Gasteiger partial charge in [0.25, 0.3) is 22.2 Å². The molecule has 37 nitrogen and oxygen atoms in total. The van der Waals surface area contributed by atoms with Crippen molar-refractivity contribution in [2.24, 2.45) is 0 Å². The van der Waals surface area contributed by atoms with E-state index in [4.69, 9.17) is 63.4 Å². The number of oxazole rings is 2. The molecule has 0 atom stereocenters. The number of nitrogens with zero attached hydrogens (tertiary/aromatic N) is 28. The van der Waals surface area contributed by atoms with Crippen LogP contribution < -0.4 is 22.2 Å². The zero-order valence-electron chi connectivity index (χ0n) is 78.2. The van der Waals surface area contributed by atoms with Crippen LogP contribution >= 0.6 is 11.3 Å². The number of likely N-dealkylation sites (tertiary alicyclic amines) is 1. The second-order valence-electron chi connectivity index (χ2n) is 37.3. The van der Waals surface area contributed by atoms with Gasteiger partial charge in [-0.05, 0) is 159 Å². The molecular formula is C101H108N28O9S. The van der Waals surface area contributed by atoms with Crippen LogP contribution in [-0.4, -0.2) is 253 Å². The Labute approximate surface area is 800 Å². The minimum absolute atomic E-state index is 0.0261. The lowest BCUT2D eigenvalue weighted by atomic mass is 10.1. The molecule has 19 aromatic rings. The molecule has 4 saturated heterocycles. The number of aromatic nitrogens is 24. The number of hydrogen-bond donors (Lipinski definition) is 0. The van der Waals surface area contributed by atoms with E-state index in [9.17, 15) is 19.2 Å². The maximum absolute atomic E-state index is 13.4. The molecule has 7 aliphatic rings. The van der Waals surface area contributed by atoms with E-state index >= 15 is 0 Å². The Hall–Kier alpha value is -14.1. The van der Waals surface area contributed by atoms with Gasteiger partial charge in [0.05, 0.1) is 143 Å². The quantitative estimate of drug-likeness (QED) is 0.0542. The van der Waals surface area contributed by atoms with Crippen LogP contribution in [0.25, 0.3) is 151 Å². The lowest BCUT2D eigenvalue weighted by Crippen LogP contribution is -2.39. The Morgan fingerprint density at radius 1 is 0.360 bits per heavy atom. The first-order chi connectivity index (χ1) is 68.1. The van der Waals surface area contributed by atoms with Crippen molar-refractivity contribution in [1.29, 1.82) is 0 Å². The van der Waals surface area contributed by atoms with Crippen molar-refractivity contribution in [3.8, 4) is 90.6 Å². The third kappa shape index (κ3) is 18.1. The van der Waals surface area contributed by atoms with Gasteiger partial charge >= 0.3 is 11.7 Å². The van der Waals surface area contributed by atoms with Gasteiger partial charge in [-0.3, -0.25) is 84.1 Å². The normalized spacial score (nSPS) is 16.3. The standard InChI is InChI=1S/C26H29N7O.C25H25N7O3.C25H27N7O3.C25H27N7O2S/c34-26-20-16-18(5-8-21(20)27-17-31(26)15-14-30-10-1-2-11-30)25-24(28-23-4-3-12-32(23)25)22-9-13-33(29-22)19-6-7-19;33-24-19-15-17(1-4-20(19)26-16-30(24)8-7-29-9-12-34-13-10-29)23-22(27-25-31(23)11-14-35-25)21-5-6-32(28-21)18-2-3-18;2*1-17(2)32-6-5-21(28-32)22-23(31-11-14-35-25(31)27-22)18-3-4-20-19(15-18)24(33)30(16-26-20)8-7-29-9-12-34-13-10-29/h5,8-9,13,16-17,19H,1-4,6-7,10-12,14-15H2;1,4-6,11,14-16,18H,2-3,7-10,12-13H2;2*3-6,11,14-17H,7-10,12-13H2,1-2H3. The van der Waals surface area contributed by atoms with Crippen LogP contribution in [0.4, 0.5) is 0 Å². The Morgan fingerprint density at radius 2 is 0.719 bits per heavy atom. The number of rotatable bonds is 24. The lowest BCUT2D eigenvalue weighted by Gasteiger charge is -2.26. The van der Waals surface area contributed by atoms with Crippen molar-refractivity contribution in [3.63, 3.8) is 0 Å². The first-order valence-corrected chi connectivity index (χ1v) is 49.3. The highest BCUT2D eigenvalue weighted by Crippen LogP contribution is 2.42. The fourth-order valence-corrected chi connectivity index (χ4v) is 20.1. The van der Waals surface area contributed by atoms with E-state index in [1.807, 2.05) is 150 Å². The molecule has 38 heteroatoms. The average molecular weight is 1890 g/mol. The highest BCUT2D eigenvalue weighted by molar-refractivity contribution is 7.15. The van der Waals surface area contributed by atoms with E-state index < -0.39 is 0 Å². The van der Waals surface area contributed by atoms with Crippen LogP contribution in [0.1, 0.15) is 103 Å². The number of imidazole rings is 4. The summed E-state index contributed by atoms with van der Waals surface area (Å²) in [7, 11) is 0. The second-order valence-corrected chi connectivity index (χ2v) is 38.1. The van der Waals surface area contributed by atoms with E-state index in [0.29, 0.717) is 93.7 Å². The highest BCUT2D eigenvalue weighted by Gasteiger charge is 2.32. The van der Waals surface area contributed by atoms with Crippen molar-refractivity contribution >= 4 is 71.6 Å². The fraction of sp³-hybridized carbons (Fsp3) is 0.386. The maximum atomic E-state index is 13.4. The van der Waals surface area contributed by atoms with E-state index in [2.05, 4.69) is 99.2 Å². The molecule has 4 aromatic carbocycles. The minimum Gasteiger partial charge on any atom is -0.432 e. The lowest BCUT2D eigenvalue weighted by molar-refractivity contribution is 0.0362. The molecule has 6 fully saturated rings. The van der Waals surface area contributed by atoms with Crippen molar-refractivity contribution < 1.29 is 23.0 Å². The van der Waals surface area contributed by atoms with Crippen LogP contribution in [0.2, 0.25) is 0 Å². The highest BCUT2D eigenvalue weighted by atomic mass is 32.1. The van der Waals surface area contributed by atoms with Gasteiger partial charge in [0.15, 0.2) is 4.96 Å². The summed E-state index contributed by atoms with van der Waals surface area (Å²) in [6, 6.07) is 33.0. The molecule has 0 spiro atoms. The molecule has 0 amide bonds. The van der Waals surface area contributed by atoms with Gasteiger partial charge < -0.3 is 32.5 Å². The van der Waals surface area contributed by atoms with Crippen LogP contribution in [-0.2, 0) is 53.4 Å². The topological polar surface area (TPSA) is 347 Å². The molecule has 2 aliphatic carbocycles. The monoisotopic (exact) mass is 1890 g/mol. The van der Waals surface area contributed by atoms with Crippen LogP contribution in [0.3, 0.4) is 0 Å². The fourth-order valence-electron chi connectivity index (χ4n) is 19.4.